The van der Waals surface area contributed by atoms with Gasteiger partial charge in [0.1, 0.15) is 0 Å². The smallest absolute Gasteiger partial charge is 0.0526 e. The molecule has 0 atom stereocenters. The second kappa shape index (κ2) is 5.23. The van der Waals surface area contributed by atoms with E-state index in [0.717, 1.165) is 17.1 Å². The lowest BCUT2D eigenvalue weighted by atomic mass is 10.1. The second-order valence-electron chi connectivity index (χ2n) is 4.12. The summed E-state index contributed by atoms with van der Waals surface area (Å²) >= 11 is 1.79. The molecular formula is C14H16N2S. The van der Waals surface area contributed by atoms with Crippen LogP contribution in [-0.2, 0) is 5.75 Å². The maximum absolute atomic E-state index is 5.72. The molecule has 0 unspecified atom stereocenters. The molecule has 17 heavy (non-hydrogen) atoms. The molecule has 1 heterocycles. The topological polar surface area (TPSA) is 38.9 Å². The van der Waals surface area contributed by atoms with Gasteiger partial charge < -0.3 is 5.73 Å². The summed E-state index contributed by atoms with van der Waals surface area (Å²) in [5.41, 5.74) is 10.2. The molecule has 0 spiro atoms. The monoisotopic (exact) mass is 244 g/mol. The van der Waals surface area contributed by atoms with Gasteiger partial charge >= 0.3 is 0 Å². The van der Waals surface area contributed by atoms with Crippen LogP contribution in [0.25, 0.3) is 0 Å². The molecule has 0 aliphatic rings. The summed E-state index contributed by atoms with van der Waals surface area (Å²) in [6.45, 7) is 4.27. The van der Waals surface area contributed by atoms with Gasteiger partial charge in [0.25, 0.3) is 0 Å². The fourth-order valence-electron chi connectivity index (χ4n) is 1.54. The average molecular weight is 244 g/mol. The van der Waals surface area contributed by atoms with Crippen LogP contribution in [0.2, 0.25) is 0 Å². The highest BCUT2D eigenvalue weighted by Crippen LogP contribution is 2.24. The molecule has 0 saturated carbocycles. The second-order valence-corrected chi connectivity index (χ2v) is 5.16. The van der Waals surface area contributed by atoms with Gasteiger partial charge in [-0.05, 0) is 49.2 Å². The first-order valence-electron chi connectivity index (χ1n) is 5.55. The first kappa shape index (κ1) is 12.0. The first-order chi connectivity index (χ1) is 8.15. The summed E-state index contributed by atoms with van der Waals surface area (Å²) in [5, 5.41) is 0. The van der Waals surface area contributed by atoms with Crippen molar-refractivity contribution in [1.29, 1.82) is 0 Å². The van der Waals surface area contributed by atoms with Crippen LogP contribution >= 0.6 is 11.8 Å². The highest BCUT2D eigenvalue weighted by atomic mass is 32.2. The summed E-state index contributed by atoms with van der Waals surface area (Å²) in [7, 11) is 0. The van der Waals surface area contributed by atoms with E-state index < -0.39 is 0 Å². The Morgan fingerprint density at radius 3 is 2.65 bits per heavy atom. The predicted octanol–water partition coefficient (Wildman–Crippen LogP) is 3.57. The highest BCUT2D eigenvalue weighted by molar-refractivity contribution is 7.98. The van der Waals surface area contributed by atoms with Crippen LogP contribution in [0.3, 0.4) is 0 Å². The molecule has 1 aromatic heterocycles. The van der Waals surface area contributed by atoms with Crippen molar-refractivity contribution in [3.63, 3.8) is 0 Å². The minimum absolute atomic E-state index is 0.774. The van der Waals surface area contributed by atoms with Crippen molar-refractivity contribution in [2.45, 2.75) is 24.5 Å². The number of nitrogens with two attached hydrogens (primary N) is 1. The lowest BCUT2D eigenvalue weighted by Crippen LogP contribution is -1.91. The van der Waals surface area contributed by atoms with Crippen LogP contribution < -0.4 is 5.73 Å². The number of rotatable bonds is 3. The van der Waals surface area contributed by atoms with Crippen LogP contribution in [0.4, 0.5) is 5.69 Å². The Morgan fingerprint density at radius 2 is 1.94 bits per heavy atom. The lowest BCUT2D eigenvalue weighted by Gasteiger charge is -2.05. The van der Waals surface area contributed by atoms with Crippen molar-refractivity contribution in [2.24, 2.45) is 0 Å². The molecule has 0 bridgehead atoms. The van der Waals surface area contributed by atoms with Gasteiger partial charge in [-0.3, -0.25) is 4.98 Å². The zero-order chi connectivity index (χ0) is 12.3. The number of nitrogens with zero attached hydrogens (tertiary/aromatic N) is 1. The van der Waals surface area contributed by atoms with E-state index in [1.807, 2.05) is 12.1 Å². The van der Waals surface area contributed by atoms with Crippen LogP contribution in [-0.4, -0.2) is 4.98 Å². The van der Waals surface area contributed by atoms with Gasteiger partial charge in [-0.1, -0.05) is 6.07 Å². The molecule has 3 heteroatoms. The number of nitrogen functional groups attached to an aromatic ring is 1. The standard InChI is InChI=1S/C14H16N2S/c1-10-3-4-14(7-11(10)2)17-9-13-8-12(15)5-6-16-13/h3-8H,9H2,1-2H3,(H2,15,16). The number of thioether (sulfide) groups is 1. The summed E-state index contributed by atoms with van der Waals surface area (Å²) in [5.74, 6) is 0.855. The van der Waals surface area contributed by atoms with Gasteiger partial charge in [0.05, 0.1) is 5.69 Å². The van der Waals surface area contributed by atoms with Crippen LogP contribution in [0, 0.1) is 13.8 Å². The number of hydrogen-bond acceptors (Lipinski definition) is 3. The van der Waals surface area contributed by atoms with Crippen molar-refractivity contribution in [3.05, 3.63) is 53.3 Å². The van der Waals surface area contributed by atoms with Crippen LogP contribution in [0.15, 0.2) is 41.4 Å². The molecular weight excluding hydrogens is 228 g/mol. The predicted molar refractivity (Wildman–Crippen MR) is 74.1 cm³/mol. The SMILES string of the molecule is Cc1ccc(SCc2cc(N)ccn2)cc1C. The molecule has 0 aliphatic heterocycles. The molecule has 2 rings (SSSR count). The molecule has 88 valence electrons. The zero-order valence-corrected chi connectivity index (χ0v) is 10.9. The Kier molecular flexibility index (Phi) is 3.69. The zero-order valence-electron chi connectivity index (χ0n) is 10.1. The van der Waals surface area contributed by atoms with Crippen molar-refractivity contribution < 1.29 is 0 Å². The highest BCUT2D eigenvalue weighted by Gasteiger charge is 2.00. The number of aromatic nitrogens is 1. The molecule has 2 nitrogen and oxygen atoms in total. The third kappa shape index (κ3) is 3.24. The van der Waals surface area contributed by atoms with Crippen molar-refractivity contribution in [1.82, 2.24) is 4.98 Å². The molecule has 0 radical (unpaired) electrons. The Morgan fingerprint density at radius 1 is 1.12 bits per heavy atom. The molecule has 0 amide bonds. The Bertz CT molecular complexity index is 523. The quantitative estimate of drug-likeness (QED) is 0.839. The van der Waals surface area contributed by atoms with Crippen molar-refractivity contribution >= 4 is 17.4 Å². The number of anilines is 1. The minimum atomic E-state index is 0.774. The van der Waals surface area contributed by atoms with Crippen LogP contribution in [0.5, 0.6) is 0 Å². The van der Waals surface area contributed by atoms with E-state index in [4.69, 9.17) is 5.73 Å². The fourth-order valence-corrected chi connectivity index (χ4v) is 2.43. The Labute approximate surface area is 106 Å². The lowest BCUT2D eigenvalue weighted by molar-refractivity contribution is 1.17. The van der Waals surface area contributed by atoms with E-state index in [1.165, 1.54) is 16.0 Å². The Hall–Kier alpha value is -1.48. The third-order valence-corrected chi connectivity index (χ3v) is 3.73. The summed E-state index contributed by atoms with van der Waals surface area (Å²) in [6, 6.07) is 10.3. The maximum Gasteiger partial charge on any atom is 0.0526 e. The van der Waals surface area contributed by atoms with Crippen molar-refractivity contribution in [3.8, 4) is 0 Å². The molecule has 0 aliphatic carbocycles. The fraction of sp³-hybridized carbons (Fsp3) is 0.214. The minimum Gasteiger partial charge on any atom is -0.399 e. The first-order valence-corrected chi connectivity index (χ1v) is 6.54. The molecule has 0 saturated heterocycles. The largest absolute Gasteiger partial charge is 0.399 e. The van der Waals surface area contributed by atoms with E-state index in [0.29, 0.717) is 0 Å². The molecule has 2 N–H and O–H groups in total. The van der Waals surface area contributed by atoms with E-state index in [-0.39, 0.29) is 0 Å². The summed E-state index contributed by atoms with van der Waals surface area (Å²) in [4.78, 5) is 5.57. The van der Waals surface area contributed by atoms with E-state index in [1.54, 1.807) is 18.0 Å². The number of benzene rings is 1. The van der Waals surface area contributed by atoms with Gasteiger partial charge in [-0.25, -0.2) is 0 Å². The average Bonchev–Trinajstić information content (AvgIpc) is 2.31. The molecule has 0 fully saturated rings. The van der Waals surface area contributed by atoms with E-state index in [9.17, 15) is 0 Å². The molecule has 1 aromatic carbocycles. The van der Waals surface area contributed by atoms with Gasteiger partial charge in [-0.2, -0.15) is 0 Å². The summed E-state index contributed by atoms with van der Waals surface area (Å²) in [6.07, 6.45) is 1.76. The number of hydrogen-bond donors (Lipinski definition) is 1. The number of aryl methyl sites for hydroxylation is 2. The van der Waals surface area contributed by atoms with E-state index in [2.05, 4.69) is 37.0 Å². The maximum atomic E-state index is 5.72. The van der Waals surface area contributed by atoms with Crippen molar-refractivity contribution in [2.75, 3.05) is 5.73 Å². The van der Waals surface area contributed by atoms with Gasteiger partial charge in [0.2, 0.25) is 0 Å². The third-order valence-electron chi connectivity index (χ3n) is 2.71. The summed E-state index contributed by atoms with van der Waals surface area (Å²) < 4.78 is 0. The Balaban J connectivity index is 2.05. The van der Waals surface area contributed by atoms with Gasteiger partial charge in [-0.15, -0.1) is 11.8 Å². The van der Waals surface area contributed by atoms with E-state index >= 15 is 0 Å². The normalized spacial score (nSPS) is 10.5. The van der Waals surface area contributed by atoms with Crippen LogP contribution in [0.1, 0.15) is 16.8 Å². The number of pyridine rings is 1. The van der Waals surface area contributed by atoms with Gasteiger partial charge in [0.15, 0.2) is 0 Å². The van der Waals surface area contributed by atoms with Gasteiger partial charge in [0, 0.05) is 22.5 Å². The molecule has 2 aromatic rings.